The van der Waals surface area contributed by atoms with E-state index in [0.29, 0.717) is 5.25 Å². The fourth-order valence-corrected chi connectivity index (χ4v) is 3.22. The molecule has 1 aliphatic heterocycles. The van der Waals surface area contributed by atoms with Crippen LogP contribution in [0.15, 0.2) is 23.1 Å². The Hall–Kier alpha value is -1.02. The van der Waals surface area contributed by atoms with Gasteiger partial charge in [-0.2, -0.15) is 5.26 Å². The number of nitrogens with zero attached hydrogens (tertiary/aromatic N) is 1. The van der Waals surface area contributed by atoms with Crippen LogP contribution in [0.5, 0.6) is 0 Å². The lowest BCUT2D eigenvalue weighted by Crippen LogP contribution is -2.17. The molecule has 3 nitrogen and oxygen atoms in total. The van der Waals surface area contributed by atoms with Crippen molar-refractivity contribution in [1.82, 2.24) is 5.32 Å². The molecular formula is C14H18N2OS. The van der Waals surface area contributed by atoms with Gasteiger partial charge in [-0.3, -0.25) is 0 Å². The second-order valence-corrected chi connectivity index (χ2v) is 5.74. The summed E-state index contributed by atoms with van der Waals surface area (Å²) in [4.78, 5) is 1.10. The van der Waals surface area contributed by atoms with Crippen molar-refractivity contribution in [3.8, 4) is 6.07 Å². The summed E-state index contributed by atoms with van der Waals surface area (Å²) in [5, 5.41) is 12.9. The Kier molecular flexibility index (Phi) is 5.06. The van der Waals surface area contributed by atoms with Gasteiger partial charge in [-0.05, 0) is 37.6 Å². The van der Waals surface area contributed by atoms with Crippen molar-refractivity contribution in [2.24, 2.45) is 0 Å². The summed E-state index contributed by atoms with van der Waals surface area (Å²) in [7, 11) is 1.91. The normalized spacial score (nSPS) is 16.4. The lowest BCUT2D eigenvalue weighted by molar-refractivity contribution is 0.100. The van der Waals surface area contributed by atoms with Crippen LogP contribution in [0.25, 0.3) is 0 Å². The third kappa shape index (κ3) is 3.49. The molecule has 0 bridgehead atoms. The molecule has 0 atom stereocenters. The van der Waals surface area contributed by atoms with Crippen molar-refractivity contribution < 1.29 is 4.74 Å². The summed E-state index contributed by atoms with van der Waals surface area (Å²) in [6.45, 7) is 2.49. The van der Waals surface area contributed by atoms with Crippen LogP contribution in [-0.4, -0.2) is 25.5 Å². The van der Waals surface area contributed by atoms with Crippen molar-refractivity contribution in [1.29, 1.82) is 5.26 Å². The summed E-state index contributed by atoms with van der Waals surface area (Å²) in [6.07, 6.45) is 2.15. The SMILES string of the molecule is CNCc1ccc(SC2CCOCC2)c(C#N)c1. The number of nitriles is 1. The maximum Gasteiger partial charge on any atom is 0.100 e. The predicted octanol–water partition coefficient (Wildman–Crippen LogP) is 2.55. The third-order valence-corrected chi connectivity index (χ3v) is 4.42. The Morgan fingerprint density at radius 1 is 1.44 bits per heavy atom. The molecule has 0 spiro atoms. The molecule has 1 N–H and O–H groups in total. The van der Waals surface area contributed by atoms with E-state index in [4.69, 9.17) is 4.74 Å². The van der Waals surface area contributed by atoms with Gasteiger partial charge in [0.1, 0.15) is 6.07 Å². The summed E-state index contributed by atoms with van der Waals surface area (Å²) < 4.78 is 5.36. The van der Waals surface area contributed by atoms with Gasteiger partial charge in [0.25, 0.3) is 0 Å². The summed E-state index contributed by atoms with van der Waals surface area (Å²) in [6, 6.07) is 8.46. The van der Waals surface area contributed by atoms with Gasteiger partial charge in [0.2, 0.25) is 0 Å². The van der Waals surface area contributed by atoms with Crippen LogP contribution in [0.2, 0.25) is 0 Å². The third-order valence-electron chi connectivity index (χ3n) is 3.01. The molecule has 0 aliphatic carbocycles. The Morgan fingerprint density at radius 2 is 2.22 bits per heavy atom. The maximum absolute atomic E-state index is 9.23. The van der Waals surface area contributed by atoms with E-state index in [2.05, 4.69) is 23.5 Å². The molecule has 0 radical (unpaired) electrons. The zero-order chi connectivity index (χ0) is 12.8. The van der Waals surface area contributed by atoms with Crippen molar-refractivity contribution in [3.05, 3.63) is 29.3 Å². The predicted molar refractivity (Wildman–Crippen MR) is 73.6 cm³/mol. The van der Waals surface area contributed by atoms with Crippen LogP contribution in [0.1, 0.15) is 24.0 Å². The molecule has 0 amide bonds. The van der Waals surface area contributed by atoms with Gasteiger partial charge < -0.3 is 10.1 Å². The molecule has 18 heavy (non-hydrogen) atoms. The number of nitrogens with one attached hydrogen (secondary N) is 1. The Bertz CT molecular complexity index is 436. The van der Waals surface area contributed by atoms with Crippen molar-refractivity contribution in [3.63, 3.8) is 0 Å². The van der Waals surface area contributed by atoms with E-state index in [0.717, 1.165) is 48.6 Å². The van der Waals surface area contributed by atoms with Crippen LogP contribution in [0, 0.1) is 11.3 Å². The molecule has 1 aliphatic rings. The highest BCUT2D eigenvalue weighted by Gasteiger charge is 2.16. The van der Waals surface area contributed by atoms with E-state index in [9.17, 15) is 5.26 Å². The molecule has 0 unspecified atom stereocenters. The monoisotopic (exact) mass is 262 g/mol. The van der Waals surface area contributed by atoms with Gasteiger partial charge in [-0.1, -0.05) is 6.07 Å². The lowest BCUT2D eigenvalue weighted by atomic mass is 10.1. The quantitative estimate of drug-likeness (QED) is 0.905. The first-order valence-electron chi connectivity index (χ1n) is 6.25. The number of hydrogen-bond acceptors (Lipinski definition) is 4. The summed E-state index contributed by atoms with van der Waals surface area (Å²) >= 11 is 1.82. The minimum atomic E-state index is 0.584. The molecule has 1 heterocycles. The molecule has 1 aromatic carbocycles. The first kappa shape index (κ1) is 13.4. The average Bonchev–Trinajstić information content (AvgIpc) is 2.42. The number of benzene rings is 1. The van der Waals surface area contributed by atoms with Gasteiger partial charge in [0, 0.05) is 29.9 Å². The maximum atomic E-state index is 9.23. The van der Waals surface area contributed by atoms with E-state index in [1.165, 1.54) is 0 Å². The standard InChI is InChI=1S/C14H18N2OS/c1-16-10-11-2-3-14(12(8-11)9-15)18-13-4-6-17-7-5-13/h2-3,8,13,16H,4-7,10H2,1H3. The minimum absolute atomic E-state index is 0.584. The largest absolute Gasteiger partial charge is 0.381 e. The van der Waals surface area contributed by atoms with Gasteiger partial charge in [-0.15, -0.1) is 11.8 Å². The minimum Gasteiger partial charge on any atom is -0.381 e. The first-order valence-corrected chi connectivity index (χ1v) is 7.13. The van der Waals surface area contributed by atoms with Crippen LogP contribution < -0.4 is 5.32 Å². The second-order valence-electron chi connectivity index (χ2n) is 4.40. The first-order chi connectivity index (χ1) is 8.83. The van der Waals surface area contributed by atoms with E-state index < -0.39 is 0 Å². The van der Waals surface area contributed by atoms with E-state index in [1.54, 1.807) is 0 Å². The highest BCUT2D eigenvalue weighted by atomic mass is 32.2. The topological polar surface area (TPSA) is 45.0 Å². The smallest absolute Gasteiger partial charge is 0.100 e. The summed E-state index contributed by atoms with van der Waals surface area (Å²) in [5.74, 6) is 0. The number of rotatable bonds is 4. The van der Waals surface area contributed by atoms with Gasteiger partial charge in [0.15, 0.2) is 0 Å². The van der Waals surface area contributed by atoms with E-state index in [-0.39, 0.29) is 0 Å². The molecular weight excluding hydrogens is 244 g/mol. The van der Waals surface area contributed by atoms with E-state index in [1.807, 2.05) is 24.9 Å². The van der Waals surface area contributed by atoms with Crippen molar-refractivity contribution in [2.45, 2.75) is 29.5 Å². The molecule has 4 heteroatoms. The van der Waals surface area contributed by atoms with Crippen LogP contribution >= 0.6 is 11.8 Å². The second kappa shape index (κ2) is 6.79. The van der Waals surface area contributed by atoms with Gasteiger partial charge >= 0.3 is 0 Å². The Labute approximate surface area is 113 Å². The lowest BCUT2D eigenvalue weighted by Gasteiger charge is -2.21. The summed E-state index contributed by atoms with van der Waals surface area (Å²) in [5.41, 5.74) is 1.95. The molecule has 2 rings (SSSR count). The molecule has 0 aromatic heterocycles. The van der Waals surface area contributed by atoms with E-state index >= 15 is 0 Å². The molecule has 1 aromatic rings. The highest BCUT2D eigenvalue weighted by Crippen LogP contribution is 2.32. The average molecular weight is 262 g/mol. The number of ether oxygens (including phenoxy) is 1. The number of hydrogen-bond donors (Lipinski definition) is 1. The molecule has 96 valence electrons. The Balaban J connectivity index is 2.09. The van der Waals surface area contributed by atoms with Crippen molar-refractivity contribution in [2.75, 3.05) is 20.3 Å². The van der Waals surface area contributed by atoms with Crippen molar-refractivity contribution >= 4 is 11.8 Å². The highest BCUT2D eigenvalue weighted by molar-refractivity contribution is 8.00. The molecule has 1 saturated heterocycles. The van der Waals surface area contributed by atoms with Gasteiger partial charge in [-0.25, -0.2) is 0 Å². The fourth-order valence-electron chi connectivity index (χ4n) is 2.05. The van der Waals surface area contributed by atoms with Crippen LogP contribution in [0.3, 0.4) is 0 Å². The van der Waals surface area contributed by atoms with Crippen LogP contribution in [-0.2, 0) is 11.3 Å². The zero-order valence-corrected chi connectivity index (χ0v) is 11.4. The fraction of sp³-hybridized carbons (Fsp3) is 0.500. The number of thioether (sulfide) groups is 1. The zero-order valence-electron chi connectivity index (χ0n) is 10.6. The molecule has 0 saturated carbocycles. The Morgan fingerprint density at radius 3 is 2.89 bits per heavy atom. The molecule has 1 fully saturated rings. The van der Waals surface area contributed by atoms with Crippen LogP contribution in [0.4, 0.5) is 0 Å². The van der Waals surface area contributed by atoms with Gasteiger partial charge in [0.05, 0.1) is 5.56 Å².